The van der Waals surface area contributed by atoms with Crippen molar-refractivity contribution in [2.75, 3.05) is 13.6 Å². The lowest BCUT2D eigenvalue weighted by Crippen LogP contribution is -2.42. The number of hydrogen-bond donors (Lipinski definition) is 1. The fourth-order valence-corrected chi connectivity index (χ4v) is 5.32. The van der Waals surface area contributed by atoms with E-state index in [4.69, 9.17) is 17.3 Å². The van der Waals surface area contributed by atoms with Crippen molar-refractivity contribution >= 4 is 33.0 Å². The molecule has 7 heteroatoms. The SMILES string of the molecule is Cc1cc(S(=O)(=O)N(C)C(CN)C2CC2)sc1Cl. The number of halogens is 1. The van der Waals surface area contributed by atoms with Crippen LogP contribution in [0.5, 0.6) is 0 Å². The zero-order valence-corrected chi connectivity index (χ0v) is 12.8. The molecule has 1 aromatic heterocycles. The molecule has 2 rings (SSSR count). The van der Waals surface area contributed by atoms with E-state index in [1.807, 2.05) is 0 Å². The first-order valence-electron chi connectivity index (χ1n) is 5.82. The Bertz CT molecular complexity index is 518. The van der Waals surface area contributed by atoms with Crippen molar-refractivity contribution in [3.05, 3.63) is 16.0 Å². The number of nitrogens with two attached hydrogens (primary N) is 1. The minimum absolute atomic E-state index is 0.101. The van der Waals surface area contributed by atoms with Crippen LogP contribution in [0, 0.1) is 12.8 Å². The Morgan fingerprint density at radius 2 is 2.22 bits per heavy atom. The van der Waals surface area contributed by atoms with Crippen LogP contribution in [0.4, 0.5) is 0 Å². The second-order valence-corrected chi connectivity index (χ2v) is 8.56. The van der Waals surface area contributed by atoms with Gasteiger partial charge in [-0.25, -0.2) is 8.42 Å². The van der Waals surface area contributed by atoms with E-state index in [0.717, 1.165) is 29.7 Å². The molecule has 102 valence electrons. The summed E-state index contributed by atoms with van der Waals surface area (Å²) in [4.78, 5) is 0. The Morgan fingerprint density at radius 3 is 2.61 bits per heavy atom. The van der Waals surface area contributed by atoms with E-state index in [1.165, 1.54) is 4.31 Å². The monoisotopic (exact) mass is 308 g/mol. The predicted molar refractivity (Wildman–Crippen MR) is 74.6 cm³/mol. The van der Waals surface area contributed by atoms with Gasteiger partial charge >= 0.3 is 0 Å². The molecule has 1 aliphatic carbocycles. The lowest BCUT2D eigenvalue weighted by atomic mass is 10.2. The van der Waals surface area contributed by atoms with Crippen LogP contribution in [0.25, 0.3) is 0 Å². The third-order valence-corrected chi connectivity index (χ3v) is 7.23. The summed E-state index contributed by atoms with van der Waals surface area (Å²) in [6, 6.07) is 1.52. The highest BCUT2D eigenvalue weighted by Gasteiger charge is 2.38. The van der Waals surface area contributed by atoms with Crippen LogP contribution >= 0.6 is 22.9 Å². The maximum Gasteiger partial charge on any atom is 0.252 e. The molecular weight excluding hydrogens is 292 g/mol. The van der Waals surface area contributed by atoms with Crippen LogP contribution < -0.4 is 5.73 Å². The van der Waals surface area contributed by atoms with Crippen molar-refractivity contribution in [2.45, 2.75) is 30.0 Å². The maximum absolute atomic E-state index is 12.5. The molecular formula is C11H17ClN2O2S2. The Balaban J connectivity index is 2.29. The summed E-state index contributed by atoms with van der Waals surface area (Å²) in [5, 5.41) is 0. The van der Waals surface area contributed by atoms with Gasteiger partial charge in [-0.2, -0.15) is 4.31 Å². The van der Waals surface area contributed by atoms with E-state index in [9.17, 15) is 8.42 Å². The van der Waals surface area contributed by atoms with Crippen LogP contribution in [0.15, 0.2) is 10.3 Å². The number of aryl methyl sites for hydroxylation is 1. The first kappa shape index (κ1) is 14.3. The van der Waals surface area contributed by atoms with Gasteiger partial charge in [-0.1, -0.05) is 11.6 Å². The first-order valence-corrected chi connectivity index (χ1v) is 8.45. The van der Waals surface area contributed by atoms with Crippen LogP contribution in [-0.4, -0.2) is 32.4 Å². The molecule has 1 heterocycles. The van der Waals surface area contributed by atoms with Gasteiger partial charge in [0.2, 0.25) is 0 Å². The highest BCUT2D eigenvalue weighted by molar-refractivity contribution is 7.91. The van der Waals surface area contributed by atoms with E-state index in [1.54, 1.807) is 20.0 Å². The quantitative estimate of drug-likeness (QED) is 0.905. The van der Waals surface area contributed by atoms with E-state index in [0.29, 0.717) is 21.0 Å². The molecule has 0 bridgehead atoms. The van der Waals surface area contributed by atoms with Crippen LogP contribution in [0.1, 0.15) is 18.4 Å². The van der Waals surface area contributed by atoms with Crippen molar-refractivity contribution in [3.63, 3.8) is 0 Å². The first-order chi connectivity index (χ1) is 8.37. The molecule has 0 amide bonds. The Morgan fingerprint density at radius 1 is 1.61 bits per heavy atom. The van der Waals surface area contributed by atoms with Crippen molar-refractivity contribution in [2.24, 2.45) is 11.7 Å². The minimum atomic E-state index is -3.47. The molecule has 1 aromatic rings. The van der Waals surface area contributed by atoms with Crippen molar-refractivity contribution in [3.8, 4) is 0 Å². The van der Waals surface area contributed by atoms with Crippen LogP contribution in [-0.2, 0) is 10.0 Å². The summed E-state index contributed by atoms with van der Waals surface area (Å²) in [7, 11) is -1.86. The zero-order chi connectivity index (χ0) is 13.5. The summed E-state index contributed by atoms with van der Waals surface area (Å²) in [5.74, 6) is 0.409. The molecule has 1 fully saturated rings. The second-order valence-electron chi connectivity index (χ2n) is 4.68. The Hall–Kier alpha value is -0.140. The van der Waals surface area contributed by atoms with Gasteiger partial charge in [0.15, 0.2) is 0 Å². The lowest BCUT2D eigenvalue weighted by Gasteiger charge is -2.25. The number of hydrogen-bond acceptors (Lipinski definition) is 4. The largest absolute Gasteiger partial charge is 0.329 e. The molecule has 2 N–H and O–H groups in total. The molecule has 1 saturated carbocycles. The summed E-state index contributed by atoms with van der Waals surface area (Å²) in [5.41, 5.74) is 6.49. The summed E-state index contributed by atoms with van der Waals surface area (Å²) in [6.07, 6.45) is 2.12. The number of nitrogens with zero attached hydrogens (tertiary/aromatic N) is 1. The van der Waals surface area contributed by atoms with Gasteiger partial charge in [0.05, 0.1) is 4.34 Å². The zero-order valence-electron chi connectivity index (χ0n) is 10.4. The van der Waals surface area contributed by atoms with Crippen molar-refractivity contribution < 1.29 is 8.42 Å². The van der Waals surface area contributed by atoms with Gasteiger partial charge in [0.25, 0.3) is 10.0 Å². The number of rotatable bonds is 5. The molecule has 0 radical (unpaired) electrons. The maximum atomic E-state index is 12.5. The lowest BCUT2D eigenvalue weighted by molar-refractivity contribution is 0.341. The normalized spacial score (nSPS) is 18.3. The summed E-state index contributed by atoms with van der Waals surface area (Å²) >= 11 is 7.04. The molecule has 4 nitrogen and oxygen atoms in total. The number of likely N-dealkylation sites (N-methyl/N-ethyl adjacent to an activating group) is 1. The number of sulfonamides is 1. The fraction of sp³-hybridized carbons (Fsp3) is 0.636. The predicted octanol–water partition coefficient (Wildman–Crippen LogP) is 2.07. The third kappa shape index (κ3) is 2.58. The van der Waals surface area contributed by atoms with Crippen LogP contribution in [0.2, 0.25) is 4.34 Å². The highest BCUT2D eigenvalue weighted by Crippen LogP contribution is 2.38. The molecule has 0 saturated heterocycles. The minimum Gasteiger partial charge on any atom is -0.329 e. The van der Waals surface area contributed by atoms with Crippen molar-refractivity contribution in [1.82, 2.24) is 4.31 Å². The third-order valence-electron chi connectivity index (χ3n) is 3.34. The van der Waals surface area contributed by atoms with Gasteiger partial charge in [0.1, 0.15) is 4.21 Å². The molecule has 1 atom stereocenters. The molecule has 1 aliphatic rings. The number of thiophene rings is 1. The molecule has 1 unspecified atom stereocenters. The van der Waals surface area contributed by atoms with Crippen molar-refractivity contribution in [1.29, 1.82) is 0 Å². The summed E-state index contributed by atoms with van der Waals surface area (Å²) < 4.78 is 27.1. The van der Waals surface area contributed by atoms with E-state index < -0.39 is 10.0 Å². The molecule has 18 heavy (non-hydrogen) atoms. The van der Waals surface area contributed by atoms with Gasteiger partial charge in [-0.3, -0.25) is 0 Å². The fourth-order valence-electron chi connectivity index (χ4n) is 2.00. The van der Waals surface area contributed by atoms with Gasteiger partial charge < -0.3 is 5.73 Å². The van der Waals surface area contributed by atoms with Gasteiger partial charge in [0, 0.05) is 19.6 Å². The van der Waals surface area contributed by atoms with E-state index in [2.05, 4.69) is 0 Å². The standard InChI is InChI=1S/C11H17ClN2O2S2/c1-7-5-10(17-11(7)12)18(15,16)14(2)9(6-13)8-3-4-8/h5,8-9H,3-4,6,13H2,1-2H3. The summed E-state index contributed by atoms with van der Waals surface area (Å²) in [6.45, 7) is 2.16. The molecule has 0 spiro atoms. The molecule has 0 aromatic carbocycles. The second kappa shape index (κ2) is 5.09. The van der Waals surface area contributed by atoms with Crippen LogP contribution in [0.3, 0.4) is 0 Å². The smallest absolute Gasteiger partial charge is 0.252 e. The average molecular weight is 309 g/mol. The van der Waals surface area contributed by atoms with E-state index >= 15 is 0 Å². The van der Waals surface area contributed by atoms with Gasteiger partial charge in [-0.05, 0) is 37.3 Å². The van der Waals surface area contributed by atoms with E-state index in [-0.39, 0.29) is 6.04 Å². The molecule has 0 aliphatic heterocycles. The Labute approximate surface area is 117 Å². The Kier molecular flexibility index (Phi) is 4.04. The topological polar surface area (TPSA) is 63.4 Å². The van der Waals surface area contributed by atoms with Gasteiger partial charge in [-0.15, -0.1) is 11.3 Å². The average Bonchev–Trinajstić information content (AvgIpc) is 3.07. The highest BCUT2D eigenvalue weighted by atomic mass is 35.5.